The van der Waals surface area contributed by atoms with Crippen LogP contribution in [-0.4, -0.2) is 0 Å². The topological polar surface area (TPSA) is 0 Å². The summed E-state index contributed by atoms with van der Waals surface area (Å²) in [5.74, 6) is 0.860. The monoisotopic (exact) mass is 542 g/mol. The molecule has 0 radical (unpaired) electrons. The minimum absolute atomic E-state index is 0.0119. The largest absolute Gasteiger partial charge is 0.0842 e. The molecule has 3 aromatic carbocycles. The van der Waals surface area contributed by atoms with Crippen molar-refractivity contribution in [1.82, 2.24) is 0 Å². The van der Waals surface area contributed by atoms with Crippen molar-refractivity contribution < 1.29 is 0 Å². The summed E-state index contributed by atoms with van der Waals surface area (Å²) in [4.78, 5) is 0. The molecule has 0 aromatic heterocycles. The van der Waals surface area contributed by atoms with Gasteiger partial charge in [0.15, 0.2) is 0 Å². The number of hydrogen-bond donors (Lipinski definition) is 0. The first-order chi connectivity index (χ1) is 19.6. The lowest BCUT2D eigenvalue weighted by Gasteiger charge is -2.26. The Kier molecular flexibility index (Phi) is 8.34. The molecule has 0 nitrogen and oxygen atoms in total. The average molecular weight is 543 g/mol. The third-order valence-electron chi connectivity index (χ3n) is 10.2. The molecule has 0 saturated carbocycles. The highest BCUT2D eigenvalue weighted by atomic mass is 14.4. The Balaban J connectivity index is 1.48. The molecule has 2 unspecified atom stereocenters. The van der Waals surface area contributed by atoms with Crippen molar-refractivity contribution in [3.8, 4) is 11.1 Å². The third-order valence-corrected chi connectivity index (χ3v) is 10.2. The van der Waals surface area contributed by atoms with Gasteiger partial charge in [-0.25, -0.2) is 0 Å². The van der Waals surface area contributed by atoms with Gasteiger partial charge in [0.25, 0.3) is 0 Å². The molecule has 214 valence electrons. The van der Waals surface area contributed by atoms with E-state index >= 15 is 0 Å². The maximum Gasteiger partial charge on any atom is 0.0159 e. The van der Waals surface area contributed by atoms with Gasteiger partial charge in [-0.3, -0.25) is 0 Å². The van der Waals surface area contributed by atoms with Gasteiger partial charge < -0.3 is 0 Å². The van der Waals surface area contributed by atoms with Crippen LogP contribution in [0.25, 0.3) is 22.8 Å². The van der Waals surface area contributed by atoms with Gasteiger partial charge in [0.05, 0.1) is 0 Å². The molecule has 0 saturated heterocycles. The molecule has 0 bridgehead atoms. The lowest BCUT2D eigenvalue weighted by Crippen LogP contribution is -2.16. The summed E-state index contributed by atoms with van der Waals surface area (Å²) in [5, 5.41) is 0. The maximum atomic E-state index is 2.54. The van der Waals surface area contributed by atoms with E-state index in [9.17, 15) is 0 Å². The van der Waals surface area contributed by atoms with E-state index in [1.165, 1.54) is 73.2 Å². The van der Waals surface area contributed by atoms with Gasteiger partial charge >= 0.3 is 0 Å². The second kappa shape index (κ2) is 11.6. The zero-order chi connectivity index (χ0) is 29.5. The van der Waals surface area contributed by atoms with Gasteiger partial charge in [-0.15, -0.1) is 0 Å². The van der Waals surface area contributed by atoms with Crippen molar-refractivity contribution in [2.24, 2.45) is 0 Å². The molecule has 0 amide bonds. The minimum atomic E-state index is 0.0119. The van der Waals surface area contributed by atoms with E-state index < -0.39 is 0 Å². The predicted molar refractivity (Wildman–Crippen MR) is 181 cm³/mol. The highest BCUT2D eigenvalue weighted by Crippen LogP contribution is 2.53. The highest BCUT2D eigenvalue weighted by molar-refractivity contribution is 5.89. The molecule has 0 N–H and O–H groups in total. The van der Waals surface area contributed by atoms with Gasteiger partial charge in [0.2, 0.25) is 0 Å². The lowest BCUT2D eigenvalue weighted by molar-refractivity contribution is 0.616. The lowest BCUT2D eigenvalue weighted by atomic mass is 9.78. The van der Waals surface area contributed by atoms with Gasteiger partial charge in [0.1, 0.15) is 0 Å². The van der Waals surface area contributed by atoms with E-state index in [2.05, 4.69) is 129 Å². The van der Waals surface area contributed by atoms with Gasteiger partial charge in [-0.2, -0.15) is 0 Å². The Bertz CT molecular complexity index is 1550. The SMILES string of the molecule is CC/C=C\C(=C(/C)CCC)c1ccc(C(C)C(C)c2ccc3c(c2)C(C)(C)c2cc(C)c4c(c2-3)C=CCC4)cc1C. The van der Waals surface area contributed by atoms with E-state index in [0.717, 1.165) is 25.7 Å². The van der Waals surface area contributed by atoms with Gasteiger partial charge in [-0.1, -0.05) is 120 Å². The summed E-state index contributed by atoms with van der Waals surface area (Å²) in [7, 11) is 0. The first kappa shape index (κ1) is 29.4. The van der Waals surface area contributed by atoms with Crippen LogP contribution in [-0.2, 0) is 11.8 Å². The number of benzene rings is 3. The fourth-order valence-corrected chi connectivity index (χ4v) is 7.39. The van der Waals surface area contributed by atoms with Crippen LogP contribution in [0.4, 0.5) is 0 Å². The van der Waals surface area contributed by atoms with E-state index in [-0.39, 0.29) is 5.41 Å². The molecule has 3 aromatic rings. The quantitative estimate of drug-likeness (QED) is 0.248. The van der Waals surface area contributed by atoms with Crippen molar-refractivity contribution in [1.29, 1.82) is 0 Å². The normalized spacial score (nSPS) is 17.2. The number of allylic oxidation sites excluding steroid dienone is 5. The molecule has 2 aliphatic rings. The van der Waals surface area contributed by atoms with E-state index in [4.69, 9.17) is 0 Å². The fraction of sp³-hybridized carbons (Fsp3) is 0.415. The Morgan fingerprint density at radius 2 is 1.61 bits per heavy atom. The summed E-state index contributed by atoms with van der Waals surface area (Å²) in [6, 6.07) is 17.1. The predicted octanol–water partition coefficient (Wildman–Crippen LogP) is 12.0. The van der Waals surface area contributed by atoms with E-state index in [0.29, 0.717) is 11.8 Å². The summed E-state index contributed by atoms with van der Waals surface area (Å²) in [5.41, 5.74) is 19.0. The smallest absolute Gasteiger partial charge is 0.0159 e. The van der Waals surface area contributed by atoms with Gasteiger partial charge in [-0.05, 0) is 125 Å². The highest BCUT2D eigenvalue weighted by Gasteiger charge is 2.38. The first-order valence-electron chi connectivity index (χ1n) is 16.1. The Morgan fingerprint density at radius 1 is 0.902 bits per heavy atom. The van der Waals surface area contributed by atoms with Crippen molar-refractivity contribution in [3.05, 3.63) is 116 Å². The van der Waals surface area contributed by atoms with Crippen molar-refractivity contribution in [2.45, 2.75) is 112 Å². The molecule has 0 spiro atoms. The van der Waals surface area contributed by atoms with Crippen molar-refractivity contribution in [2.75, 3.05) is 0 Å². The number of hydrogen-bond acceptors (Lipinski definition) is 0. The fourth-order valence-electron chi connectivity index (χ4n) is 7.39. The second-order valence-corrected chi connectivity index (χ2v) is 13.3. The Hall–Kier alpha value is -3.12. The van der Waals surface area contributed by atoms with Crippen LogP contribution in [0.2, 0.25) is 0 Å². The number of fused-ring (bicyclic) bond motifs is 5. The molecule has 2 atom stereocenters. The summed E-state index contributed by atoms with van der Waals surface area (Å²) >= 11 is 0. The van der Waals surface area contributed by atoms with Crippen LogP contribution in [0, 0.1) is 13.8 Å². The first-order valence-corrected chi connectivity index (χ1v) is 16.1. The van der Waals surface area contributed by atoms with Crippen molar-refractivity contribution in [3.63, 3.8) is 0 Å². The molecular weight excluding hydrogens is 492 g/mol. The third kappa shape index (κ3) is 5.20. The summed E-state index contributed by atoms with van der Waals surface area (Å²) in [6.07, 6.45) is 15.1. The molecular formula is C41H50. The second-order valence-electron chi connectivity index (χ2n) is 13.3. The molecule has 0 aliphatic heterocycles. The van der Waals surface area contributed by atoms with Crippen LogP contribution in [0.3, 0.4) is 0 Å². The minimum Gasteiger partial charge on any atom is -0.0842 e. The number of aryl methyl sites for hydroxylation is 2. The maximum absolute atomic E-state index is 2.54. The Morgan fingerprint density at radius 3 is 2.29 bits per heavy atom. The van der Waals surface area contributed by atoms with Crippen LogP contribution >= 0.6 is 0 Å². The molecule has 41 heavy (non-hydrogen) atoms. The molecule has 2 aliphatic carbocycles. The summed E-state index contributed by atoms with van der Waals surface area (Å²) in [6.45, 7) is 21.1. The Labute approximate surface area is 250 Å². The average Bonchev–Trinajstić information content (AvgIpc) is 3.19. The molecule has 0 fully saturated rings. The van der Waals surface area contributed by atoms with Crippen LogP contribution < -0.4 is 0 Å². The van der Waals surface area contributed by atoms with Gasteiger partial charge in [0, 0.05) is 5.41 Å². The zero-order valence-electron chi connectivity index (χ0n) is 27.0. The zero-order valence-corrected chi connectivity index (χ0v) is 27.0. The van der Waals surface area contributed by atoms with Crippen LogP contribution in [0.5, 0.6) is 0 Å². The number of rotatable bonds is 8. The molecule has 5 rings (SSSR count). The van der Waals surface area contributed by atoms with E-state index in [1.807, 2.05) is 0 Å². The van der Waals surface area contributed by atoms with Crippen LogP contribution in [0.15, 0.2) is 66.3 Å². The summed E-state index contributed by atoms with van der Waals surface area (Å²) < 4.78 is 0. The standard InChI is InChI=1S/C41H50/c1-10-12-16-33(26(3)15-11-2)35-21-19-31(23-27(35)4)29(6)30(7)32-20-22-37-38(25-32)41(8,9)39-24-28(5)34-17-13-14-18-36(34)40(37)39/h12,14,16,18-25,29-30H,10-11,13,15,17H2,1-9H3/b16-12-,33-26-. The van der Waals surface area contributed by atoms with Crippen LogP contribution in [0.1, 0.15) is 136 Å². The molecule has 0 heteroatoms. The van der Waals surface area contributed by atoms with Crippen molar-refractivity contribution >= 4 is 11.6 Å². The molecule has 0 heterocycles. The van der Waals surface area contributed by atoms with E-state index in [1.54, 1.807) is 5.56 Å².